The molecule has 6 heteroatoms. The second kappa shape index (κ2) is 7.15. The Bertz CT molecular complexity index is 926. The Morgan fingerprint density at radius 1 is 1.04 bits per heavy atom. The van der Waals surface area contributed by atoms with Crippen molar-refractivity contribution in [1.82, 2.24) is 5.43 Å². The van der Waals surface area contributed by atoms with Crippen molar-refractivity contribution in [3.8, 4) is 5.75 Å². The minimum Gasteiger partial charge on any atom is -0.506 e. The number of hydrazone groups is 1. The number of fused-ring (bicyclic) bond motifs is 1. The van der Waals surface area contributed by atoms with Crippen LogP contribution in [0, 0.1) is 0 Å². The van der Waals surface area contributed by atoms with Crippen molar-refractivity contribution in [2.45, 2.75) is 0 Å². The van der Waals surface area contributed by atoms with Crippen LogP contribution in [-0.2, 0) is 0 Å². The Morgan fingerprint density at radius 3 is 2.46 bits per heavy atom. The van der Waals surface area contributed by atoms with Gasteiger partial charge in [-0.05, 0) is 66.4 Å². The molecular weight excluding hydrogens is 436 g/mol. The number of nitrogens with zero attached hydrogens (tertiary/aromatic N) is 1. The zero-order chi connectivity index (χ0) is 17.1. The van der Waals surface area contributed by atoms with Crippen molar-refractivity contribution in [2.24, 2.45) is 5.10 Å². The molecule has 3 aromatic carbocycles. The number of phenols is 1. The number of benzene rings is 3. The number of hydrogen-bond acceptors (Lipinski definition) is 3. The van der Waals surface area contributed by atoms with Gasteiger partial charge in [0.1, 0.15) is 5.75 Å². The van der Waals surface area contributed by atoms with Gasteiger partial charge in [0.05, 0.1) is 15.2 Å². The zero-order valence-electron chi connectivity index (χ0n) is 12.3. The molecule has 0 aromatic heterocycles. The summed E-state index contributed by atoms with van der Waals surface area (Å²) in [5.74, 6) is -0.160. The minimum atomic E-state index is -0.278. The fourth-order valence-electron chi connectivity index (χ4n) is 2.31. The second-order valence-electron chi connectivity index (χ2n) is 5.06. The molecule has 2 N–H and O–H groups in total. The van der Waals surface area contributed by atoms with Crippen molar-refractivity contribution < 1.29 is 9.90 Å². The lowest BCUT2D eigenvalue weighted by Gasteiger charge is -2.05. The van der Waals surface area contributed by atoms with Crippen LogP contribution in [0.1, 0.15) is 15.9 Å². The van der Waals surface area contributed by atoms with E-state index in [0.717, 1.165) is 16.3 Å². The van der Waals surface area contributed by atoms with E-state index in [1.54, 1.807) is 18.2 Å². The summed E-state index contributed by atoms with van der Waals surface area (Å²) in [4.78, 5) is 12.4. The van der Waals surface area contributed by atoms with Gasteiger partial charge in [0.2, 0.25) is 0 Å². The normalized spacial score (nSPS) is 11.1. The lowest BCUT2D eigenvalue weighted by atomic mass is 10.0. The Labute approximate surface area is 155 Å². The van der Waals surface area contributed by atoms with Crippen LogP contribution in [0.5, 0.6) is 5.75 Å². The third kappa shape index (κ3) is 3.49. The van der Waals surface area contributed by atoms with Crippen LogP contribution in [0.25, 0.3) is 10.8 Å². The quantitative estimate of drug-likeness (QED) is 0.446. The van der Waals surface area contributed by atoms with Crippen LogP contribution in [0.4, 0.5) is 0 Å². The Balaban J connectivity index is 1.80. The number of nitrogens with one attached hydrogen (secondary N) is 1. The standard InChI is InChI=1S/C18H12Br2N2O2/c19-15-8-11(9-16(20)17(15)23)10-21-22-18(24)14-7-3-5-12-4-1-2-6-13(12)14/h1-10,23H,(H,22,24)/b21-10+. The van der Waals surface area contributed by atoms with Gasteiger partial charge in [0.25, 0.3) is 5.91 Å². The van der Waals surface area contributed by atoms with E-state index in [1.807, 2.05) is 36.4 Å². The van der Waals surface area contributed by atoms with Gasteiger partial charge in [-0.25, -0.2) is 5.43 Å². The fourth-order valence-corrected chi connectivity index (χ4v) is 3.53. The minimum absolute atomic E-state index is 0.118. The molecule has 4 nitrogen and oxygen atoms in total. The molecule has 120 valence electrons. The van der Waals surface area contributed by atoms with Crippen LogP contribution in [-0.4, -0.2) is 17.2 Å². The highest BCUT2D eigenvalue weighted by molar-refractivity contribution is 9.11. The van der Waals surface area contributed by atoms with Crippen molar-refractivity contribution in [1.29, 1.82) is 0 Å². The number of aromatic hydroxyl groups is 1. The van der Waals surface area contributed by atoms with E-state index in [4.69, 9.17) is 0 Å². The SMILES string of the molecule is O=C(N/N=C/c1cc(Br)c(O)c(Br)c1)c1cccc2ccccc12. The molecule has 0 saturated carbocycles. The van der Waals surface area contributed by atoms with Crippen LogP contribution in [0.2, 0.25) is 0 Å². The molecule has 1 amide bonds. The van der Waals surface area contributed by atoms with Gasteiger partial charge >= 0.3 is 0 Å². The molecule has 0 aliphatic rings. The largest absolute Gasteiger partial charge is 0.506 e. The number of carbonyl (C=O) groups is 1. The second-order valence-corrected chi connectivity index (χ2v) is 6.77. The fraction of sp³-hybridized carbons (Fsp3) is 0. The number of carbonyl (C=O) groups excluding carboxylic acids is 1. The summed E-state index contributed by atoms with van der Waals surface area (Å²) < 4.78 is 1.08. The summed E-state index contributed by atoms with van der Waals surface area (Å²) in [5, 5.41) is 15.6. The van der Waals surface area contributed by atoms with Crippen molar-refractivity contribution in [3.05, 3.63) is 74.7 Å². The molecule has 24 heavy (non-hydrogen) atoms. The van der Waals surface area contributed by atoms with Crippen LogP contribution in [0.3, 0.4) is 0 Å². The first kappa shape index (κ1) is 16.7. The summed E-state index contributed by atoms with van der Waals surface area (Å²) in [6, 6.07) is 16.7. The van der Waals surface area contributed by atoms with Gasteiger partial charge in [-0.1, -0.05) is 36.4 Å². The first-order chi connectivity index (χ1) is 11.6. The summed E-state index contributed by atoms with van der Waals surface area (Å²) in [5.41, 5.74) is 3.83. The molecule has 0 heterocycles. The van der Waals surface area contributed by atoms with Crippen molar-refractivity contribution in [3.63, 3.8) is 0 Å². The van der Waals surface area contributed by atoms with E-state index >= 15 is 0 Å². The molecular formula is C18H12Br2N2O2. The Kier molecular flexibility index (Phi) is 4.97. The van der Waals surface area contributed by atoms with Gasteiger partial charge in [-0.2, -0.15) is 5.10 Å². The topological polar surface area (TPSA) is 61.7 Å². The maximum atomic E-state index is 12.4. The van der Waals surface area contributed by atoms with Gasteiger partial charge < -0.3 is 5.11 Å². The van der Waals surface area contributed by atoms with Gasteiger partial charge in [0.15, 0.2) is 0 Å². The molecule has 0 aliphatic carbocycles. The third-order valence-corrected chi connectivity index (χ3v) is 4.66. The van der Waals surface area contributed by atoms with E-state index in [1.165, 1.54) is 6.21 Å². The lowest BCUT2D eigenvalue weighted by molar-refractivity contribution is 0.0957. The van der Waals surface area contributed by atoms with E-state index < -0.39 is 0 Å². The molecule has 3 aromatic rings. The van der Waals surface area contributed by atoms with Crippen LogP contribution in [0.15, 0.2) is 68.6 Å². The molecule has 0 unspecified atom stereocenters. The van der Waals surface area contributed by atoms with Crippen LogP contribution >= 0.6 is 31.9 Å². The molecule has 0 bridgehead atoms. The van der Waals surface area contributed by atoms with Gasteiger partial charge in [0, 0.05) is 5.56 Å². The maximum absolute atomic E-state index is 12.4. The molecule has 0 radical (unpaired) electrons. The highest BCUT2D eigenvalue weighted by atomic mass is 79.9. The average Bonchev–Trinajstić information content (AvgIpc) is 2.59. The molecule has 0 fully saturated rings. The third-order valence-electron chi connectivity index (χ3n) is 3.45. The number of phenolic OH excluding ortho intramolecular Hbond substituents is 1. The first-order valence-corrected chi connectivity index (χ1v) is 8.64. The predicted octanol–water partition coefficient (Wildman–Crippen LogP) is 4.83. The summed E-state index contributed by atoms with van der Waals surface area (Å²) in [7, 11) is 0. The molecule has 0 spiro atoms. The van der Waals surface area contributed by atoms with Crippen molar-refractivity contribution >= 4 is 54.8 Å². The molecule has 0 aliphatic heterocycles. The van der Waals surface area contributed by atoms with Crippen LogP contribution < -0.4 is 5.43 Å². The van der Waals surface area contributed by atoms with E-state index in [-0.39, 0.29) is 11.7 Å². The highest BCUT2D eigenvalue weighted by Crippen LogP contribution is 2.32. The summed E-state index contributed by atoms with van der Waals surface area (Å²) >= 11 is 6.51. The Hall–Kier alpha value is -2.18. The van der Waals surface area contributed by atoms with Crippen molar-refractivity contribution in [2.75, 3.05) is 0 Å². The highest BCUT2D eigenvalue weighted by Gasteiger charge is 2.08. The lowest BCUT2D eigenvalue weighted by Crippen LogP contribution is -2.17. The summed E-state index contributed by atoms with van der Waals surface area (Å²) in [6.07, 6.45) is 1.51. The number of halogens is 2. The van der Waals surface area contributed by atoms with E-state index in [9.17, 15) is 9.90 Å². The average molecular weight is 448 g/mol. The predicted molar refractivity (Wildman–Crippen MR) is 103 cm³/mol. The maximum Gasteiger partial charge on any atom is 0.271 e. The first-order valence-electron chi connectivity index (χ1n) is 7.05. The monoisotopic (exact) mass is 446 g/mol. The Morgan fingerprint density at radius 2 is 1.71 bits per heavy atom. The number of amides is 1. The molecule has 0 saturated heterocycles. The van der Waals surface area contributed by atoms with E-state index in [0.29, 0.717) is 14.5 Å². The zero-order valence-corrected chi connectivity index (χ0v) is 15.5. The van der Waals surface area contributed by atoms with Gasteiger partial charge in [-0.3, -0.25) is 4.79 Å². The van der Waals surface area contributed by atoms with E-state index in [2.05, 4.69) is 42.4 Å². The number of hydrogen-bond donors (Lipinski definition) is 2. The molecule has 0 atom stereocenters. The number of rotatable bonds is 3. The smallest absolute Gasteiger partial charge is 0.271 e. The molecule has 3 rings (SSSR count). The van der Waals surface area contributed by atoms with Gasteiger partial charge in [-0.15, -0.1) is 0 Å². The summed E-state index contributed by atoms with van der Waals surface area (Å²) in [6.45, 7) is 0.